The fraction of sp³-hybridized carbons (Fsp3) is 0.733. The number of nitrogens with zero attached hydrogens (tertiary/aromatic N) is 1. The van der Waals surface area contributed by atoms with Crippen LogP contribution < -0.4 is 11.3 Å². The Labute approximate surface area is 112 Å². The highest BCUT2D eigenvalue weighted by atomic mass is 16.1. The standard InChI is InChI=1S/C15H21N3O/c16-7-12-6-13(17-18-15(12)19)14-10-2-8-1-9(4-10)5-11(14)3-8/h6,8-11,14H,1-5,7,16H2,(H,18,19). The summed E-state index contributed by atoms with van der Waals surface area (Å²) in [5.41, 5.74) is 7.29. The summed E-state index contributed by atoms with van der Waals surface area (Å²) >= 11 is 0. The zero-order valence-corrected chi connectivity index (χ0v) is 11.1. The van der Waals surface area contributed by atoms with Gasteiger partial charge < -0.3 is 5.73 Å². The van der Waals surface area contributed by atoms with Crippen molar-refractivity contribution in [2.45, 2.75) is 44.6 Å². The van der Waals surface area contributed by atoms with E-state index in [0.29, 0.717) is 18.0 Å². The maximum Gasteiger partial charge on any atom is 0.268 e. The quantitative estimate of drug-likeness (QED) is 0.850. The molecule has 5 rings (SSSR count). The minimum absolute atomic E-state index is 0.130. The number of nitrogens with two attached hydrogens (primary N) is 1. The third-order valence-electron chi connectivity index (χ3n) is 5.69. The molecule has 19 heavy (non-hydrogen) atoms. The van der Waals surface area contributed by atoms with E-state index in [9.17, 15) is 4.79 Å². The van der Waals surface area contributed by atoms with Gasteiger partial charge in [-0.15, -0.1) is 0 Å². The van der Waals surface area contributed by atoms with Crippen molar-refractivity contribution in [1.29, 1.82) is 0 Å². The zero-order chi connectivity index (χ0) is 13.0. The van der Waals surface area contributed by atoms with Crippen molar-refractivity contribution < 1.29 is 0 Å². The van der Waals surface area contributed by atoms with E-state index in [1.807, 2.05) is 6.07 Å². The Balaban J connectivity index is 1.71. The monoisotopic (exact) mass is 259 g/mol. The van der Waals surface area contributed by atoms with E-state index >= 15 is 0 Å². The van der Waals surface area contributed by atoms with Crippen LogP contribution in [0.15, 0.2) is 10.9 Å². The average molecular weight is 259 g/mol. The lowest BCUT2D eigenvalue weighted by Gasteiger charge is -2.54. The minimum atomic E-state index is -0.130. The first-order chi connectivity index (χ1) is 9.24. The Bertz CT molecular complexity index is 523. The van der Waals surface area contributed by atoms with E-state index < -0.39 is 0 Å². The van der Waals surface area contributed by atoms with Crippen LogP contribution in [0, 0.1) is 23.7 Å². The smallest absolute Gasteiger partial charge is 0.268 e. The van der Waals surface area contributed by atoms with Crippen LogP contribution in [-0.2, 0) is 6.54 Å². The molecule has 1 heterocycles. The molecule has 0 unspecified atom stereocenters. The lowest BCUT2D eigenvalue weighted by atomic mass is 9.51. The summed E-state index contributed by atoms with van der Waals surface area (Å²) in [6.45, 7) is 0.304. The Hall–Kier alpha value is -1.16. The summed E-state index contributed by atoms with van der Waals surface area (Å²) in [5, 5.41) is 6.98. The van der Waals surface area contributed by atoms with Crippen molar-refractivity contribution in [3.8, 4) is 0 Å². The van der Waals surface area contributed by atoms with Crippen molar-refractivity contribution in [2.24, 2.45) is 29.4 Å². The van der Waals surface area contributed by atoms with Crippen LogP contribution in [0.5, 0.6) is 0 Å². The third-order valence-corrected chi connectivity index (χ3v) is 5.69. The second-order valence-electron chi connectivity index (χ2n) is 6.81. The van der Waals surface area contributed by atoms with Crippen molar-refractivity contribution in [1.82, 2.24) is 10.2 Å². The molecule has 0 aliphatic heterocycles. The molecule has 1 aromatic rings. The summed E-state index contributed by atoms with van der Waals surface area (Å²) in [7, 11) is 0. The Morgan fingerprint density at radius 2 is 1.79 bits per heavy atom. The second kappa shape index (κ2) is 4.17. The number of H-pyrrole nitrogens is 1. The summed E-state index contributed by atoms with van der Waals surface area (Å²) in [5.74, 6) is 4.08. The number of nitrogens with one attached hydrogen (secondary N) is 1. The second-order valence-corrected chi connectivity index (χ2v) is 6.81. The Morgan fingerprint density at radius 1 is 1.16 bits per heavy atom. The maximum atomic E-state index is 11.6. The largest absolute Gasteiger partial charge is 0.326 e. The van der Waals surface area contributed by atoms with Crippen molar-refractivity contribution in [3.05, 3.63) is 27.7 Å². The van der Waals surface area contributed by atoms with Crippen molar-refractivity contribution >= 4 is 0 Å². The molecule has 4 aliphatic rings. The predicted molar refractivity (Wildman–Crippen MR) is 72.5 cm³/mol. The van der Waals surface area contributed by atoms with E-state index in [2.05, 4.69) is 10.2 Å². The van der Waals surface area contributed by atoms with Gasteiger partial charge >= 0.3 is 0 Å². The molecule has 0 spiro atoms. The highest BCUT2D eigenvalue weighted by Gasteiger charge is 2.49. The predicted octanol–water partition coefficient (Wildman–Crippen LogP) is 1.77. The first kappa shape index (κ1) is 11.6. The first-order valence-electron chi connectivity index (χ1n) is 7.53. The van der Waals surface area contributed by atoms with E-state index in [1.165, 1.54) is 32.1 Å². The molecule has 1 aromatic heterocycles. The van der Waals surface area contributed by atoms with Gasteiger partial charge in [-0.25, -0.2) is 5.10 Å². The molecule has 0 radical (unpaired) electrons. The maximum absolute atomic E-state index is 11.6. The van der Waals surface area contributed by atoms with Gasteiger partial charge in [-0.05, 0) is 61.8 Å². The molecule has 102 valence electrons. The number of aromatic amines is 1. The molecule has 4 bridgehead atoms. The highest BCUT2D eigenvalue weighted by molar-refractivity contribution is 5.20. The van der Waals surface area contributed by atoms with Gasteiger partial charge in [0.05, 0.1) is 5.69 Å². The molecular formula is C15H21N3O. The SMILES string of the molecule is NCc1cc(C2C3CC4CC(C3)CC2C4)n[nH]c1=O. The van der Waals surface area contributed by atoms with Gasteiger partial charge in [-0.1, -0.05) is 0 Å². The van der Waals surface area contributed by atoms with Crippen LogP contribution in [0.2, 0.25) is 0 Å². The van der Waals surface area contributed by atoms with E-state index in [1.54, 1.807) is 0 Å². The van der Waals surface area contributed by atoms with Crippen LogP contribution in [0.25, 0.3) is 0 Å². The molecule has 4 fully saturated rings. The number of aromatic nitrogens is 2. The molecule has 0 saturated heterocycles. The van der Waals surface area contributed by atoms with E-state index in [-0.39, 0.29) is 5.56 Å². The summed E-state index contributed by atoms with van der Waals surface area (Å²) < 4.78 is 0. The molecule has 4 saturated carbocycles. The first-order valence-corrected chi connectivity index (χ1v) is 7.53. The summed E-state index contributed by atoms with van der Waals surface area (Å²) in [6.07, 6.45) is 6.95. The molecule has 4 heteroatoms. The van der Waals surface area contributed by atoms with Gasteiger partial charge in [-0.3, -0.25) is 4.79 Å². The van der Waals surface area contributed by atoms with Crippen LogP contribution in [0.3, 0.4) is 0 Å². The lowest BCUT2D eigenvalue weighted by molar-refractivity contribution is -0.00448. The molecule has 0 aromatic carbocycles. The highest BCUT2D eigenvalue weighted by Crippen LogP contribution is 2.59. The van der Waals surface area contributed by atoms with E-state index in [4.69, 9.17) is 5.73 Å². The Kier molecular flexibility index (Phi) is 2.56. The summed E-state index contributed by atoms with van der Waals surface area (Å²) in [4.78, 5) is 11.6. The van der Waals surface area contributed by atoms with Gasteiger partial charge in [0.2, 0.25) is 0 Å². The molecular weight excluding hydrogens is 238 g/mol. The van der Waals surface area contributed by atoms with E-state index in [0.717, 1.165) is 29.4 Å². The van der Waals surface area contributed by atoms with Crippen LogP contribution in [0.4, 0.5) is 0 Å². The van der Waals surface area contributed by atoms with Crippen LogP contribution in [-0.4, -0.2) is 10.2 Å². The molecule has 4 aliphatic carbocycles. The van der Waals surface area contributed by atoms with Crippen LogP contribution in [0.1, 0.15) is 49.3 Å². The van der Waals surface area contributed by atoms with Gasteiger partial charge in [0.15, 0.2) is 0 Å². The van der Waals surface area contributed by atoms with Gasteiger partial charge in [0.1, 0.15) is 0 Å². The average Bonchev–Trinajstić information content (AvgIpc) is 2.39. The third kappa shape index (κ3) is 1.76. The molecule has 0 amide bonds. The number of rotatable bonds is 2. The molecule has 0 atom stereocenters. The van der Waals surface area contributed by atoms with Gasteiger partial charge in [0.25, 0.3) is 5.56 Å². The number of hydrogen-bond donors (Lipinski definition) is 2. The lowest BCUT2D eigenvalue weighted by Crippen LogP contribution is -2.44. The van der Waals surface area contributed by atoms with Crippen molar-refractivity contribution in [2.75, 3.05) is 0 Å². The van der Waals surface area contributed by atoms with Gasteiger partial charge in [-0.2, -0.15) is 5.10 Å². The minimum Gasteiger partial charge on any atom is -0.326 e. The normalized spacial score (nSPS) is 39.7. The topological polar surface area (TPSA) is 71.8 Å². The van der Waals surface area contributed by atoms with Gasteiger partial charge in [0, 0.05) is 18.0 Å². The molecule has 4 nitrogen and oxygen atoms in total. The fourth-order valence-corrected chi connectivity index (χ4v) is 5.19. The fourth-order valence-electron chi connectivity index (χ4n) is 5.19. The number of hydrogen-bond acceptors (Lipinski definition) is 3. The van der Waals surface area contributed by atoms with Crippen LogP contribution >= 0.6 is 0 Å². The molecule has 3 N–H and O–H groups in total. The summed E-state index contributed by atoms with van der Waals surface area (Å²) in [6, 6.07) is 1.96. The van der Waals surface area contributed by atoms with Crippen molar-refractivity contribution in [3.63, 3.8) is 0 Å². The zero-order valence-electron chi connectivity index (χ0n) is 11.1. The Morgan fingerprint density at radius 3 is 2.37 bits per heavy atom.